The third kappa shape index (κ3) is 4.53. The zero-order chi connectivity index (χ0) is 25.4. The third-order valence-corrected chi connectivity index (χ3v) is 7.94. The Morgan fingerprint density at radius 3 is 2.83 bits per heavy atom. The first-order valence-electron chi connectivity index (χ1n) is 10.8. The number of allylic oxidation sites excluding steroid dienone is 1. The van der Waals surface area contributed by atoms with Crippen LogP contribution in [0.4, 0.5) is 0 Å². The number of fused-ring (bicyclic) bond motifs is 1. The van der Waals surface area contributed by atoms with Gasteiger partial charge in [0.05, 0.1) is 20.8 Å². The molecule has 0 radical (unpaired) electrons. The van der Waals surface area contributed by atoms with Crippen molar-refractivity contribution < 1.29 is 13.9 Å². The smallest absolute Gasteiger partial charge is 0.338 e. The van der Waals surface area contributed by atoms with E-state index in [1.165, 1.54) is 28.7 Å². The molecule has 0 N–H and O–H groups in total. The first kappa shape index (κ1) is 24.5. The molecule has 1 aliphatic rings. The van der Waals surface area contributed by atoms with E-state index in [0.717, 1.165) is 4.88 Å². The first-order chi connectivity index (χ1) is 17.4. The van der Waals surface area contributed by atoms with E-state index in [1.807, 2.05) is 17.5 Å². The quantitative estimate of drug-likeness (QED) is 0.229. The van der Waals surface area contributed by atoms with Gasteiger partial charge in [-0.05, 0) is 48.7 Å². The van der Waals surface area contributed by atoms with E-state index in [4.69, 9.17) is 32.4 Å². The van der Waals surface area contributed by atoms with Crippen LogP contribution in [0.3, 0.4) is 0 Å². The maximum absolute atomic E-state index is 13.6. The Labute approximate surface area is 223 Å². The van der Waals surface area contributed by atoms with Crippen LogP contribution in [0.25, 0.3) is 17.4 Å². The number of nitrogens with zero attached hydrogens (tertiary/aromatic N) is 2. The van der Waals surface area contributed by atoms with Crippen LogP contribution >= 0.6 is 45.9 Å². The second kappa shape index (κ2) is 10.1. The van der Waals surface area contributed by atoms with Crippen LogP contribution in [0.2, 0.25) is 10.0 Å². The predicted octanol–water partition coefficient (Wildman–Crippen LogP) is 5.59. The molecule has 36 heavy (non-hydrogen) atoms. The van der Waals surface area contributed by atoms with Crippen molar-refractivity contribution in [3.63, 3.8) is 0 Å². The molecular formula is C26H18Cl2N2O4S2. The molecule has 0 aliphatic carbocycles. The molecular weight excluding hydrogens is 539 g/mol. The van der Waals surface area contributed by atoms with Crippen molar-refractivity contribution in [3.05, 3.63) is 112 Å². The SMILES string of the molecule is C=CCOC(=O)C1=C(C)N=c2s/c(=C/c3ccc(-c4ccc(Cl)cc4Cl)o3)c(=O)n2[C@H]1c1cccs1. The molecule has 0 fully saturated rings. The number of furan rings is 1. The molecule has 1 aliphatic heterocycles. The number of esters is 1. The second-order valence-electron chi connectivity index (χ2n) is 7.81. The van der Waals surface area contributed by atoms with Gasteiger partial charge in [-0.1, -0.05) is 53.3 Å². The number of thiophene rings is 1. The molecule has 4 heterocycles. The summed E-state index contributed by atoms with van der Waals surface area (Å²) in [5.74, 6) is 0.505. The average molecular weight is 557 g/mol. The Morgan fingerprint density at radius 2 is 2.11 bits per heavy atom. The van der Waals surface area contributed by atoms with Gasteiger partial charge in [0, 0.05) is 21.5 Å². The highest BCUT2D eigenvalue weighted by atomic mass is 35.5. The number of aromatic nitrogens is 1. The van der Waals surface area contributed by atoms with Crippen molar-refractivity contribution in [1.82, 2.24) is 4.57 Å². The van der Waals surface area contributed by atoms with E-state index < -0.39 is 12.0 Å². The number of rotatable bonds is 6. The van der Waals surface area contributed by atoms with Gasteiger partial charge in [0.1, 0.15) is 24.2 Å². The molecule has 1 aromatic carbocycles. The summed E-state index contributed by atoms with van der Waals surface area (Å²) in [6.07, 6.45) is 3.16. The highest BCUT2D eigenvalue weighted by Gasteiger charge is 2.34. The van der Waals surface area contributed by atoms with E-state index in [2.05, 4.69) is 11.6 Å². The van der Waals surface area contributed by atoms with Crippen LogP contribution in [0, 0.1) is 0 Å². The summed E-state index contributed by atoms with van der Waals surface area (Å²) in [6, 6.07) is 11.8. The maximum atomic E-state index is 13.6. The third-order valence-electron chi connectivity index (χ3n) is 5.48. The van der Waals surface area contributed by atoms with E-state index in [0.29, 0.717) is 47.7 Å². The number of benzene rings is 1. The van der Waals surface area contributed by atoms with E-state index in [9.17, 15) is 9.59 Å². The number of halogens is 2. The monoisotopic (exact) mass is 556 g/mol. The summed E-state index contributed by atoms with van der Waals surface area (Å²) >= 11 is 15.0. The fraction of sp³-hybridized carbons (Fsp3) is 0.115. The molecule has 1 atom stereocenters. The molecule has 0 saturated carbocycles. The van der Waals surface area contributed by atoms with Gasteiger partial charge in [0.25, 0.3) is 5.56 Å². The largest absolute Gasteiger partial charge is 0.458 e. The highest BCUT2D eigenvalue weighted by Crippen LogP contribution is 2.34. The molecule has 5 rings (SSSR count). The summed E-state index contributed by atoms with van der Waals surface area (Å²) in [4.78, 5) is 32.4. The van der Waals surface area contributed by atoms with Crippen molar-refractivity contribution in [1.29, 1.82) is 0 Å². The molecule has 0 spiro atoms. The van der Waals surface area contributed by atoms with Crippen LogP contribution in [-0.2, 0) is 9.53 Å². The second-order valence-corrected chi connectivity index (χ2v) is 10.6. The fourth-order valence-corrected chi connectivity index (χ4v) is 6.26. The van der Waals surface area contributed by atoms with Crippen molar-refractivity contribution in [2.24, 2.45) is 4.99 Å². The topological polar surface area (TPSA) is 73.8 Å². The molecule has 0 saturated heterocycles. The number of carbonyl (C=O) groups is 1. The highest BCUT2D eigenvalue weighted by molar-refractivity contribution is 7.10. The van der Waals surface area contributed by atoms with Gasteiger partial charge in [-0.25, -0.2) is 9.79 Å². The number of thiazole rings is 1. The number of ether oxygens (including phenoxy) is 1. The zero-order valence-corrected chi connectivity index (χ0v) is 22.0. The number of carbonyl (C=O) groups excluding carboxylic acids is 1. The number of hydrogen-bond acceptors (Lipinski definition) is 7. The van der Waals surface area contributed by atoms with Crippen LogP contribution in [0.15, 0.2) is 86.0 Å². The predicted molar refractivity (Wildman–Crippen MR) is 143 cm³/mol. The van der Waals surface area contributed by atoms with Gasteiger partial charge < -0.3 is 9.15 Å². The minimum atomic E-state index is -0.638. The summed E-state index contributed by atoms with van der Waals surface area (Å²) in [7, 11) is 0. The Hall–Kier alpha value is -3.17. The van der Waals surface area contributed by atoms with Crippen molar-refractivity contribution in [2.45, 2.75) is 13.0 Å². The lowest BCUT2D eigenvalue weighted by atomic mass is 10.0. The molecule has 4 aromatic rings. The van der Waals surface area contributed by atoms with Gasteiger partial charge in [-0.3, -0.25) is 9.36 Å². The van der Waals surface area contributed by atoms with E-state index in [1.54, 1.807) is 47.9 Å². The summed E-state index contributed by atoms with van der Waals surface area (Å²) in [5.41, 5.74) is 1.25. The van der Waals surface area contributed by atoms with Gasteiger partial charge >= 0.3 is 5.97 Å². The summed E-state index contributed by atoms with van der Waals surface area (Å²) in [5, 5.41) is 2.89. The molecule has 0 amide bonds. The van der Waals surface area contributed by atoms with E-state index >= 15 is 0 Å². The normalized spacial score (nSPS) is 15.5. The van der Waals surface area contributed by atoms with Crippen LogP contribution in [0.1, 0.15) is 23.6 Å². The average Bonchev–Trinajstić information content (AvgIpc) is 3.59. The van der Waals surface area contributed by atoms with Crippen molar-refractivity contribution in [2.75, 3.05) is 6.61 Å². The molecule has 10 heteroatoms. The molecule has 182 valence electrons. The van der Waals surface area contributed by atoms with Gasteiger partial charge in [-0.2, -0.15) is 0 Å². The molecule has 0 unspecified atom stereocenters. The molecule has 3 aromatic heterocycles. The van der Waals surface area contributed by atoms with Crippen LogP contribution < -0.4 is 14.9 Å². The fourth-order valence-electron chi connectivity index (χ4n) is 3.90. The lowest BCUT2D eigenvalue weighted by molar-refractivity contribution is -0.138. The number of hydrogen-bond donors (Lipinski definition) is 0. The Morgan fingerprint density at radius 1 is 1.28 bits per heavy atom. The van der Waals surface area contributed by atoms with Crippen LogP contribution in [0.5, 0.6) is 0 Å². The minimum Gasteiger partial charge on any atom is -0.458 e. The van der Waals surface area contributed by atoms with Crippen molar-refractivity contribution >= 4 is 57.9 Å². The van der Waals surface area contributed by atoms with Gasteiger partial charge in [0.2, 0.25) is 0 Å². The Balaban J connectivity index is 1.60. The Kier molecular flexibility index (Phi) is 6.85. The van der Waals surface area contributed by atoms with Crippen LogP contribution in [-0.4, -0.2) is 17.1 Å². The molecule has 6 nitrogen and oxygen atoms in total. The standard InChI is InChI=1S/C26H18Cl2N2O4S2/c1-3-10-33-25(32)22-14(2)29-26-30(23(22)20-5-4-11-35-20)24(31)21(36-26)13-16-7-9-19(34-16)17-8-6-15(27)12-18(17)28/h3-9,11-13,23H,1,10H2,2H3/b21-13+/t23-/m0/s1. The lowest BCUT2D eigenvalue weighted by Crippen LogP contribution is -2.39. The summed E-state index contributed by atoms with van der Waals surface area (Å²) in [6.45, 7) is 5.41. The van der Waals surface area contributed by atoms with Gasteiger partial charge in [-0.15, -0.1) is 11.3 Å². The van der Waals surface area contributed by atoms with E-state index in [-0.39, 0.29) is 12.2 Å². The summed E-state index contributed by atoms with van der Waals surface area (Å²) < 4.78 is 13.2. The van der Waals surface area contributed by atoms with Crippen molar-refractivity contribution in [3.8, 4) is 11.3 Å². The van der Waals surface area contributed by atoms with Gasteiger partial charge in [0.15, 0.2) is 4.80 Å². The first-order valence-corrected chi connectivity index (χ1v) is 13.2. The molecule has 0 bridgehead atoms. The maximum Gasteiger partial charge on any atom is 0.338 e. The Bertz CT molecular complexity index is 1690. The zero-order valence-electron chi connectivity index (χ0n) is 18.9. The minimum absolute atomic E-state index is 0.0651. The lowest BCUT2D eigenvalue weighted by Gasteiger charge is -2.23.